The third-order valence-corrected chi connectivity index (χ3v) is 6.28. The highest BCUT2D eigenvalue weighted by molar-refractivity contribution is 7.98. The van der Waals surface area contributed by atoms with Crippen LogP contribution in [0, 0.1) is 5.82 Å². The zero-order chi connectivity index (χ0) is 20.9. The number of aromatic nitrogens is 2. The molecule has 0 radical (unpaired) electrons. The van der Waals surface area contributed by atoms with E-state index in [0.29, 0.717) is 5.75 Å². The Labute approximate surface area is 166 Å². The number of rotatable bonds is 8. The predicted molar refractivity (Wildman–Crippen MR) is 97.0 cm³/mol. The number of halogens is 4. The van der Waals surface area contributed by atoms with Gasteiger partial charge in [0.2, 0.25) is 26.1 Å². The van der Waals surface area contributed by atoms with Crippen molar-refractivity contribution in [2.45, 2.75) is 23.5 Å². The molecule has 2 N–H and O–H groups in total. The number of amides is 1. The minimum absolute atomic E-state index is 0.0195. The summed E-state index contributed by atoms with van der Waals surface area (Å²) in [4.78, 5) is 11.7. The molecule has 0 bridgehead atoms. The van der Waals surface area contributed by atoms with E-state index in [1.807, 2.05) is 0 Å². The van der Waals surface area contributed by atoms with Gasteiger partial charge in [-0.05, 0) is 30.6 Å². The molecule has 0 aliphatic rings. The van der Waals surface area contributed by atoms with Gasteiger partial charge in [-0.1, -0.05) is 23.5 Å². The van der Waals surface area contributed by atoms with E-state index in [4.69, 9.17) is 0 Å². The Hall–Kier alpha value is -1.77. The number of nitrogens with one attached hydrogen (secondary N) is 2. The highest BCUT2D eigenvalue weighted by atomic mass is 32.2. The smallest absolute Gasteiger partial charge is 0.299 e. The van der Waals surface area contributed by atoms with Gasteiger partial charge in [0.05, 0.1) is 0 Å². The molecule has 1 aromatic carbocycles. The van der Waals surface area contributed by atoms with E-state index < -0.39 is 49.0 Å². The van der Waals surface area contributed by atoms with Crippen molar-refractivity contribution in [2.24, 2.45) is 0 Å². The molecule has 7 nitrogen and oxygen atoms in total. The van der Waals surface area contributed by atoms with Crippen LogP contribution in [-0.2, 0) is 21.0 Å². The van der Waals surface area contributed by atoms with Gasteiger partial charge in [0.1, 0.15) is 16.8 Å². The summed E-state index contributed by atoms with van der Waals surface area (Å²) in [6, 6.07) is 3.25. The van der Waals surface area contributed by atoms with Crippen molar-refractivity contribution >= 4 is 44.2 Å². The first-order valence-corrected chi connectivity index (χ1v) is 11.2. The number of hydrogen-bond donors (Lipinski definition) is 2. The lowest BCUT2D eigenvalue weighted by Crippen LogP contribution is -2.44. The van der Waals surface area contributed by atoms with Crippen LogP contribution in [0.1, 0.15) is 11.4 Å². The second-order valence-electron chi connectivity index (χ2n) is 5.29. The van der Waals surface area contributed by atoms with E-state index in [2.05, 4.69) is 20.2 Å². The van der Waals surface area contributed by atoms with Crippen molar-refractivity contribution in [1.82, 2.24) is 14.9 Å². The molecule has 1 aromatic heterocycles. The lowest BCUT2D eigenvalue weighted by atomic mass is 10.2. The summed E-state index contributed by atoms with van der Waals surface area (Å²) in [5.74, 6) is -1.57. The molecule has 1 amide bonds. The van der Waals surface area contributed by atoms with Crippen LogP contribution in [0.5, 0.6) is 0 Å². The summed E-state index contributed by atoms with van der Waals surface area (Å²) < 4.78 is 78.4. The van der Waals surface area contributed by atoms with Gasteiger partial charge in [0.25, 0.3) is 0 Å². The lowest BCUT2D eigenvalue weighted by molar-refractivity contribution is -0.138. The quantitative estimate of drug-likeness (QED) is 0.590. The molecule has 0 spiro atoms. The van der Waals surface area contributed by atoms with Gasteiger partial charge in [-0.2, -0.15) is 29.7 Å². The fourth-order valence-electron chi connectivity index (χ4n) is 1.97. The van der Waals surface area contributed by atoms with Crippen molar-refractivity contribution in [3.8, 4) is 0 Å². The van der Waals surface area contributed by atoms with Crippen LogP contribution in [0.4, 0.5) is 22.7 Å². The standard InChI is InChI=1S/C14H14F4N4O3S3/c1-26-7-6-9(22-28(24,25)10-5-3-2-4-8(10)15)11(23)19-13-21-20-12(27-13)14(16,17)18/h2-5,9,22H,6-7H2,1H3,(H,19,21,23). The maximum atomic E-state index is 13.8. The predicted octanol–water partition coefficient (Wildman–Crippen LogP) is 2.73. The number of thioether (sulfide) groups is 1. The summed E-state index contributed by atoms with van der Waals surface area (Å²) in [5, 5.41) is 6.58. The summed E-state index contributed by atoms with van der Waals surface area (Å²) >= 11 is 1.43. The molecule has 28 heavy (non-hydrogen) atoms. The molecule has 2 aromatic rings. The number of benzene rings is 1. The zero-order valence-corrected chi connectivity index (χ0v) is 16.6. The van der Waals surface area contributed by atoms with Gasteiger partial charge in [-0.3, -0.25) is 10.1 Å². The lowest BCUT2D eigenvalue weighted by Gasteiger charge is -2.17. The largest absolute Gasteiger partial charge is 0.445 e. The Bertz CT molecular complexity index is 934. The molecule has 1 atom stereocenters. The number of sulfonamides is 1. The fraction of sp³-hybridized carbons (Fsp3) is 0.357. The van der Waals surface area contributed by atoms with Crippen molar-refractivity contribution in [3.63, 3.8) is 0 Å². The molecule has 2 rings (SSSR count). The molecule has 14 heteroatoms. The maximum absolute atomic E-state index is 13.8. The van der Waals surface area contributed by atoms with Gasteiger partial charge in [0.15, 0.2) is 0 Å². The van der Waals surface area contributed by atoms with Gasteiger partial charge in [0, 0.05) is 0 Å². The summed E-state index contributed by atoms with van der Waals surface area (Å²) in [7, 11) is -4.38. The number of anilines is 1. The Morgan fingerprint density at radius 3 is 2.54 bits per heavy atom. The topological polar surface area (TPSA) is 101 Å². The first-order chi connectivity index (χ1) is 13.0. The summed E-state index contributed by atoms with van der Waals surface area (Å²) in [5.41, 5.74) is 0. The minimum atomic E-state index is -4.72. The molecule has 0 fully saturated rings. The SMILES string of the molecule is CSCCC(NS(=O)(=O)c1ccccc1F)C(=O)Nc1nnc(C(F)(F)F)s1. The van der Waals surface area contributed by atoms with Crippen molar-refractivity contribution in [2.75, 3.05) is 17.3 Å². The molecule has 154 valence electrons. The molecule has 0 aliphatic heterocycles. The highest BCUT2D eigenvalue weighted by Crippen LogP contribution is 2.33. The first kappa shape index (κ1) is 22.5. The second-order valence-corrected chi connectivity index (χ2v) is 8.93. The Kier molecular flexibility index (Phi) is 7.36. The first-order valence-electron chi connectivity index (χ1n) is 7.52. The number of carbonyl (C=O) groups is 1. The van der Waals surface area contributed by atoms with Gasteiger partial charge < -0.3 is 0 Å². The van der Waals surface area contributed by atoms with Crippen molar-refractivity contribution < 1.29 is 30.8 Å². The molecule has 1 heterocycles. The number of hydrogen-bond acceptors (Lipinski definition) is 7. The maximum Gasteiger partial charge on any atom is 0.445 e. The van der Waals surface area contributed by atoms with Crippen LogP contribution in [-0.4, -0.2) is 42.6 Å². The van der Waals surface area contributed by atoms with Gasteiger partial charge >= 0.3 is 6.18 Å². The van der Waals surface area contributed by atoms with Gasteiger partial charge in [-0.25, -0.2) is 12.8 Å². The normalized spacial score (nSPS) is 13.3. The van der Waals surface area contributed by atoms with Crippen LogP contribution in [0.3, 0.4) is 0 Å². The summed E-state index contributed by atoms with van der Waals surface area (Å²) in [6.45, 7) is 0. The molecule has 0 saturated carbocycles. The van der Waals surface area contributed by atoms with E-state index in [1.165, 1.54) is 23.9 Å². The average molecular weight is 458 g/mol. The van der Waals surface area contributed by atoms with Crippen molar-refractivity contribution in [3.05, 3.63) is 35.1 Å². The van der Waals surface area contributed by atoms with E-state index in [0.717, 1.165) is 12.1 Å². The second kappa shape index (κ2) is 9.15. The Morgan fingerprint density at radius 2 is 1.96 bits per heavy atom. The van der Waals surface area contributed by atoms with Crippen LogP contribution < -0.4 is 10.0 Å². The highest BCUT2D eigenvalue weighted by Gasteiger charge is 2.36. The third kappa shape index (κ3) is 5.86. The molecule has 1 unspecified atom stereocenters. The number of nitrogens with zero attached hydrogens (tertiary/aromatic N) is 2. The zero-order valence-electron chi connectivity index (χ0n) is 14.2. The molecule has 0 saturated heterocycles. The minimum Gasteiger partial charge on any atom is -0.299 e. The number of alkyl halides is 3. The molecule has 0 aliphatic carbocycles. The van der Waals surface area contributed by atoms with E-state index in [1.54, 1.807) is 6.26 Å². The van der Waals surface area contributed by atoms with Crippen LogP contribution in [0.25, 0.3) is 0 Å². The van der Waals surface area contributed by atoms with Gasteiger partial charge in [-0.15, -0.1) is 10.2 Å². The van der Waals surface area contributed by atoms with E-state index >= 15 is 0 Å². The van der Waals surface area contributed by atoms with Crippen molar-refractivity contribution in [1.29, 1.82) is 0 Å². The van der Waals surface area contributed by atoms with E-state index in [9.17, 15) is 30.8 Å². The monoisotopic (exact) mass is 458 g/mol. The average Bonchev–Trinajstić information content (AvgIpc) is 3.07. The Balaban J connectivity index is 2.19. The Morgan fingerprint density at radius 1 is 1.29 bits per heavy atom. The molecular formula is C14H14F4N4O3S3. The third-order valence-electron chi connectivity index (χ3n) is 3.25. The summed E-state index contributed by atoms with van der Waals surface area (Å²) in [6.07, 6.45) is -2.97. The molecular weight excluding hydrogens is 444 g/mol. The van der Waals surface area contributed by atoms with E-state index in [-0.39, 0.29) is 17.8 Å². The fourth-order valence-corrected chi connectivity index (χ4v) is 4.37. The van der Waals surface area contributed by atoms with Crippen LogP contribution in [0.2, 0.25) is 0 Å². The van der Waals surface area contributed by atoms with Crippen LogP contribution >= 0.6 is 23.1 Å². The van der Waals surface area contributed by atoms with Crippen LogP contribution in [0.15, 0.2) is 29.2 Å². The number of carbonyl (C=O) groups excluding carboxylic acids is 1.